The molecule has 0 amide bonds. The number of benzene rings is 1. The van der Waals surface area contributed by atoms with Crippen LogP contribution in [0.5, 0.6) is 0 Å². The van der Waals surface area contributed by atoms with Gasteiger partial charge in [0.05, 0.1) is 15.5 Å². The molecule has 1 unspecified atom stereocenters. The van der Waals surface area contributed by atoms with Gasteiger partial charge < -0.3 is 5.32 Å². The van der Waals surface area contributed by atoms with Gasteiger partial charge in [0, 0.05) is 6.04 Å². The first-order valence-electron chi connectivity index (χ1n) is 6.16. The van der Waals surface area contributed by atoms with E-state index in [0.717, 1.165) is 23.4 Å². The largest absolute Gasteiger partial charge is 0.309 e. The molecule has 1 N–H and O–H groups in total. The zero-order chi connectivity index (χ0) is 13.7. The molecule has 0 saturated heterocycles. The molecule has 1 aromatic heterocycles. The van der Waals surface area contributed by atoms with Gasteiger partial charge in [-0.3, -0.25) is 0 Å². The van der Waals surface area contributed by atoms with Gasteiger partial charge in [0.2, 0.25) is 0 Å². The molecule has 3 nitrogen and oxygen atoms in total. The van der Waals surface area contributed by atoms with E-state index >= 15 is 0 Å². The van der Waals surface area contributed by atoms with Gasteiger partial charge in [-0.15, -0.1) is 5.10 Å². The fourth-order valence-corrected chi connectivity index (χ4v) is 2.85. The molecule has 19 heavy (non-hydrogen) atoms. The first-order chi connectivity index (χ1) is 9.22. The maximum Gasteiger partial charge on any atom is 0.137 e. The van der Waals surface area contributed by atoms with E-state index in [-0.39, 0.29) is 11.9 Å². The summed E-state index contributed by atoms with van der Waals surface area (Å²) in [6.45, 7) is 3.03. The number of aromatic nitrogens is 2. The van der Waals surface area contributed by atoms with Gasteiger partial charge in [-0.25, -0.2) is 4.39 Å². The molecule has 1 heterocycles. The molecule has 102 valence electrons. The highest BCUT2D eigenvalue weighted by atomic mass is 79.9. The summed E-state index contributed by atoms with van der Waals surface area (Å²) in [5, 5.41) is 7.33. The van der Waals surface area contributed by atoms with E-state index < -0.39 is 0 Å². The van der Waals surface area contributed by atoms with Crippen molar-refractivity contribution in [2.24, 2.45) is 0 Å². The predicted octanol–water partition coefficient (Wildman–Crippen LogP) is 3.72. The summed E-state index contributed by atoms with van der Waals surface area (Å²) >= 11 is 4.69. The number of rotatable bonds is 6. The molecule has 2 rings (SSSR count). The number of nitrogens with zero attached hydrogens (tertiary/aromatic N) is 2. The van der Waals surface area contributed by atoms with Crippen LogP contribution in [0.4, 0.5) is 4.39 Å². The Morgan fingerprint density at radius 1 is 1.47 bits per heavy atom. The summed E-state index contributed by atoms with van der Waals surface area (Å²) in [4.78, 5) is 1.07. The second kappa shape index (κ2) is 7.07. The van der Waals surface area contributed by atoms with E-state index in [2.05, 4.69) is 37.8 Å². The predicted molar refractivity (Wildman–Crippen MR) is 78.7 cm³/mol. The molecular weight excluding hydrogens is 329 g/mol. The van der Waals surface area contributed by atoms with Gasteiger partial charge in [0.1, 0.15) is 5.82 Å². The summed E-state index contributed by atoms with van der Waals surface area (Å²) in [6.07, 6.45) is 3.53. The highest BCUT2D eigenvalue weighted by Crippen LogP contribution is 2.26. The van der Waals surface area contributed by atoms with Gasteiger partial charge in [-0.1, -0.05) is 23.5 Å². The normalized spacial score (nSPS) is 12.6. The van der Waals surface area contributed by atoms with Gasteiger partial charge in [-0.2, -0.15) is 0 Å². The third-order valence-electron chi connectivity index (χ3n) is 2.82. The standard InChI is InChI=1S/C13H15BrFN3S/c1-2-6-16-11(12-8-17-18-19-12)7-9-4-3-5-10(15)13(9)14/h3-5,8,11,16H,2,6-7H2,1H3. The Morgan fingerprint density at radius 3 is 3.00 bits per heavy atom. The molecule has 0 radical (unpaired) electrons. The molecule has 0 aliphatic heterocycles. The number of hydrogen-bond donors (Lipinski definition) is 1. The van der Waals surface area contributed by atoms with Gasteiger partial charge in [-0.05, 0) is 58.5 Å². The van der Waals surface area contributed by atoms with Crippen molar-refractivity contribution in [3.8, 4) is 0 Å². The maximum absolute atomic E-state index is 13.5. The van der Waals surface area contributed by atoms with Crippen molar-refractivity contribution >= 4 is 27.5 Å². The average Bonchev–Trinajstić information content (AvgIpc) is 2.93. The molecule has 0 saturated carbocycles. The lowest BCUT2D eigenvalue weighted by Crippen LogP contribution is -2.23. The van der Waals surface area contributed by atoms with Gasteiger partial charge in [0.25, 0.3) is 0 Å². The summed E-state index contributed by atoms with van der Waals surface area (Å²) in [5.74, 6) is -0.228. The van der Waals surface area contributed by atoms with Crippen molar-refractivity contribution in [1.29, 1.82) is 0 Å². The van der Waals surface area contributed by atoms with Crippen molar-refractivity contribution in [3.63, 3.8) is 0 Å². The van der Waals surface area contributed by atoms with Crippen LogP contribution in [-0.2, 0) is 6.42 Å². The first kappa shape index (κ1) is 14.6. The minimum Gasteiger partial charge on any atom is -0.309 e. The fraction of sp³-hybridized carbons (Fsp3) is 0.385. The lowest BCUT2D eigenvalue weighted by atomic mass is 10.0. The molecule has 0 aliphatic carbocycles. The molecule has 0 bridgehead atoms. The minimum atomic E-state index is -0.228. The van der Waals surface area contributed by atoms with Crippen LogP contribution in [0.3, 0.4) is 0 Å². The molecule has 1 aromatic carbocycles. The van der Waals surface area contributed by atoms with Crippen LogP contribution in [0.2, 0.25) is 0 Å². The van der Waals surface area contributed by atoms with Crippen LogP contribution < -0.4 is 5.32 Å². The Kier molecular flexibility index (Phi) is 5.42. The van der Waals surface area contributed by atoms with Crippen LogP contribution in [0, 0.1) is 5.82 Å². The lowest BCUT2D eigenvalue weighted by molar-refractivity contribution is 0.532. The minimum absolute atomic E-state index is 0.123. The van der Waals surface area contributed by atoms with Crippen molar-refractivity contribution in [3.05, 3.63) is 45.1 Å². The Bertz CT molecular complexity index is 519. The highest BCUT2D eigenvalue weighted by molar-refractivity contribution is 9.10. The van der Waals surface area contributed by atoms with Crippen LogP contribution in [0.1, 0.15) is 29.8 Å². The maximum atomic E-state index is 13.5. The Hall–Kier alpha value is -0.850. The van der Waals surface area contributed by atoms with Gasteiger partial charge in [0.15, 0.2) is 0 Å². The van der Waals surface area contributed by atoms with E-state index in [1.54, 1.807) is 12.3 Å². The summed E-state index contributed by atoms with van der Waals surface area (Å²) in [5.41, 5.74) is 0.946. The van der Waals surface area contributed by atoms with Crippen molar-refractivity contribution in [2.45, 2.75) is 25.8 Å². The van der Waals surface area contributed by atoms with Gasteiger partial charge >= 0.3 is 0 Å². The zero-order valence-corrected chi connectivity index (χ0v) is 13.0. The average molecular weight is 344 g/mol. The second-order valence-electron chi connectivity index (χ2n) is 4.24. The SMILES string of the molecule is CCCNC(Cc1cccc(F)c1Br)c1cnns1. The molecular formula is C13H15BrFN3S. The van der Waals surface area contributed by atoms with E-state index in [9.17, 15) is 4.39 Å². The van der Waals surface area contributed by atoms with E-state index in [1.807, 2.05) is 6.07 Å². The molecule has 2 aromatic rings. The fourth-order valence-electron chi connectivity index (χ4n) is 1.85. The van der Waals surface area contributed by atoms with Crippen LogP contribution in [-0.4, -0.2) is 16.1 Å². The summed E-state index contributed by atoms with van der Waals surface area (Å²) < 4.78 is 18.0. The highest BCUT2D eigenvalue weighted by Gasteiger charge is 2.16. The molecule has 0 fully saturated rings. The van der Waals surface area contributed by atoms with Crippen molar-refractivity contribution in [2.75, 3.05) is 6.54 Å². The second-order valence-corrected chi connectivity index (χ2v) is 5.85. The molecule has 6 heteroatoms. The topological polar surface area (TPSA) is 37.8 Å². The zero-order valence-electron chi connectivity index (χ0n) is 10.6. The van der Waals surface area contributed by atoms with Crippen LogP contribution in [0.15, 0.2) is 28.9 Å². The molecule has 0 aliphatic rings. The van der Waals surface area contributed by atoms with E-state index in [1.165, 1.54) is 17.6 Å². The van der Waals surface area contributed by atoms with E-state index in [0.29, 0.717) is 10.9 Å². The third kappa shape index (κ3) is 3.81. The number of hydrogen-bond acceptors (Lipinski definition) is 4. The monoisotopic (exact) mass is 343 g/mol. The third-order valence-corrected chi connectivity index (χ3v) is 4.48. The molecule has 1 atom stereocenters. The van der Waals surface area contributed by atoms with Crippen molar-refractivity contribution in [1.82, 2.24) is 14.9 Å². The smallest absolute Gasteiger partial charge is 0.137 e. The Balaban J connectivity index is 2.18. The van der Waals surface area contributed by atoms with Crippen LogP contribution >= 0.6 is 27.5 Å². The van der Waals surface area contributed by atoms with Crippen molar-refractivity contribution < 1.29 is 4.39 Å². The molecule has 0 spiro atoms. The number of nitrogens with one attached hydrogen (secondary N) is 1. The van der Waals surface area contributed by atoms with E-state index in [4.69, 9.17) is 0 Å². The Labute approximate surface area is 124 Å². The lowest BCUT2D eigenvalue weighted by Gasteiger charge is -2.17. The summed E-state index contributed by atoms with van der Waals surface area (Å²) in [6, 6.07) is 5.24. The quantitative estimate of drug-likeness (QED) is 0.868. The first-order valence-corrected chi connectivity index (χ1v) is 7.72. The van der Waals surface area contributed by atoms with Crippen LogP contribution in [0.25, 0.3) is 0 Å². The number of halogens is 2. The summed E-state index contributed by atoms with van der Waals surface area (Å²) in [7, 11) is 0. The Morgan fingerprint density at radius 2 is 2.32 bits per heavy atom.